The number of nitrogens with zero attached hydrogens (tertiary/aromatic N) is 2. The van der Waals surface area contributed by atoms with Gasteiger partial charge in [0.25, 0.3) is 5.91 Å². The Balaban J connectivity index is 1.81. The number of anilines is 1. The number of nitrogens with one attached hydrogen (secondary N) is 1. The third kappa shape index (κ3) is 2.92. The van der Waals surface area contributed by atoms with Gasteiger partial charge in [-0.2, -0.15) is 0 Å². The number of carbonyl (C=O) groups is 1. The lowest BCUT2D eigenvalue weighted by molar-refractivity contribution is 0.102. The van der Waals surface area contributed by atoms with Crippen LogP contribution in [0.15, 0.2) is 29.4 Å². The quantitative estimate of drug-likeness (QED) is 0.693. The fourth-order valence-corrected chi connectivity index (χ4v) is 2.34. The predicted molar refractivity (Wildman–Crippen MR) is 79.1 cm³/mol. The number of thioether (sulfide) groups is 1. The van der Waals surface area contributed by atoms with E-state index in [1.54, 1.807) is 24.3 Å². The maximum absolute atomic E-state index is 12.3. The van der Waals surface area contributed by atoms with Gasteiger partial charge in [-0.1, -0.05) is 11.8 Å². The standard InChI is InChI=1S/C14H13N3O3S/c1-8-5-10(17-14(15-8)21-2)13(18)16-9-3-4-11-12(6-9)20-7-19-11/h3-6H,7H2,1-2H3,(H,16,18). The second-order valence-corrected chi connectivity index (χ2v) is 5.18. The molecule has 0 atom stereocenters. The summed E-state index contributed by atoms with van der Waals surface area (Å²) in [7, 11) is 0. The summed E-state index contributed by atoms with van der Waals surface area (Å²) in [4.78, 5) is 20.7. The normalized spacial score (nSPS) is 12.3. The zero-order valence-electron chi connectivity index (χ0n) is 11.5. The Kier molecular flexibility index (Phi) is 3.66. The van der Waals surface area contributed by atoms with Gasteiger partial charge in [0.2, 0.25) is 6.79 Å². The molecule has 1 aliphatic rings. The van der Waals surface area contributed by atoms with Crippen molar-refractivity contribution in [1.29, 1.82) is 0 Å². The molecule has 0 saturated heterocycles. The first-order chi connectivity index (χ1) is 10.2. The van der Waals surface area contributed by atoms with Gasteiger partial charge >= 0.3 is 0 Å². The molecule has 3 rings (SSSR count). The van der Waals surface area contributed by atoms with E-state index in [-0.39, 0.29) is 12.7 Å². The van der Waals surface area contributed by atoms with Crippen molar-refractivity contribution in [3.05, 3.63) is 35.7 Å². The summed E-state index contributed by atoms with van der Waals surface area (Å²) in [6, 6.07) is 6.90. The van der Waals surface area contributed by atoms with Crippen molar-refractivity contribution in [2.45, 2.75) is 12.1 Å². The van der Waals surface area contributed by atoms with Crippen molar-refractivity contribution in [2.75, 3.05) is 18.4 Å². The van der Waals surface area contributed by atoms with Crippen LogP contribution in [0.25, 0.3) is 0 Å². The first kappa shape index (κ1) is 13.7. The molecule has 0 unspecified atom stereocenters. The first-order valence-corrected chi connectivity index (χ1v) is 7.49. The molecule has 0 aliphatic carbocycles. The third-order valence-corrected chi connectivity index (χ3v) is 3.43. The van der Waals surface area contributed by atoms with Gasteiger partial charge in [-0.25, -0.2) is 9.97 Å². The summed E-state index contributed by atoms with van der Waals surface area (Å²) in [5, 5.41) is 3.37. The lowest BCUT2D eigenvalue weighted by Crippen LogP contribution is -2.14. The number of ether oxygens (including phenoxy) is 2. The summed E-state index contributed by atoms with van der Waals surface area (Å²) in [6.07, 6.45) is 1.87. The molecule has 2 aromatic rings. The maximum atomic E-state index is 12.3. The van der Waals surface area contributed by atoms with Gasteiger partial charge < -0.3 is 14.8 Å². The fraction of sp³-hybridized carbons (Fsp3) is 0.214. The number of hydrogen-bond donors (Lipinski definition) is 1. The van der Waals surface area contributed by atoms with E-state index in [4.69, 9.17) is 9.47 Å². The number of amides is 1. The Labute approximate surface area is 125 Å². The minimum atomic E-state index is -0.283. The van der Waals surface area contributed by atoms with Gasteiger partial charge in [0.1, 0.15) is 5.69 Å². The highest BCUT2D eigenvalue weighted by molar-refractivity contribution is 7.98. The third-order valence-electron chi connectivity index (χ3n) is 2.88. The van der Waals surface area contributed by atoms with E-state index in [1.807, 2.05) is 13.2 Å². The monoisotopic (exact) mass is 303 g/mol. The molecule has 1 N–H and O–H groups in total. The van der Waals surface area contributed by atoms with Crippen LogP contribution in [0.3, 0.4) is 0 Å². The highest BCUT2D eigenvalue weighted by Crippen LogP contribution is 2.34. The predicted octanol–water partition coefficient (Wildman–Crippen LogP) is 2.49. The Morgan fingerprint density at radius 2 is 2.05 bits per heavy atom. The molecule has 1 aliphatic heterocycles. The van der Waals surface area contributed by atoms with E-state index >= 15 is 0 Å². The molecule has 1 aromatic carbocycles. The van der Waals surface area contributed by atoms with Crippen molar-refractivity contribution in [1.82, 2.24) is 9.97 Å². The second-order valence-electron chi connectivity index (χ2n) is 4.40. The Hall–Kier alpha value is -2.28. The van der Waals surface area contributed by atoms with E-state index in [1.165, 1.54) is 11.8 Å². The average Bonchev–Trinajstić information content (AvgIpc) is 2.94. The van der Waals surface area contributed by atoms with Gasteiger partial charge in [-0.05, 0) is 31.4 Å². The molecule has 0 saturated carbocycles. The van der Waals surface area contributed by atoms with Crippen LogP contribution in [0.4, 0.5) is 5.69 Å². The molecular weight excluding hydrogens is 290 g/mol. The number of fused-ring (bicyclic) bond motifs is 1. The average molecular weight is 303 g/mol. The molecule has 1 amide bonds. The topological polar surface area (TPSA) is 73.3 Å². The Bertz CT molecular complexity index is 706. The van der Waals surface area contributed by atoms with Gasteiger partial charge in [0, 0.05) is 17.4 Å². The van der Waals surface area contributed by atoms with E-state index in [9.17, 15) is 4.79 Å². The number of carbonyl (C=O) groups excluding carboxylic acids is 1. The van der Waals surface area contributed by atoms with Crippen LogP contribution in [-0.4, -0.2) is 28.9 Å². The van der Waals surface area contributed by atoms with Crippen LogP contribution in [-0.2, 0) is 0 Å². The molecule has 2 heterocycles. The lowest BCUT2D eigenvalue weighted by Gasteiger charge is -2.07. The largest absolute Gasteiger partial charge is 0.454 e. The smallest absolute Gasteiger partial charge is 0.274 e. The van der Waals surface area contributed by atoms with Crippen molar-refractivity contribution >= 4 is 23.4 Å². The number of benzene rings is 1. The highest BCUT2D eigenvalue weighted by Gasteiger charge is 2.15. The van der Waals surface area contributed by atoms with E-state index in [0.29, 0.717) is 28.0 Å². The van der Waals surface area contributed by atoms with Crippen LogP contribution >= 0.6 is 11.8 Å². The maximum Gasteiger partial charge on any atom is 0.274 e. The summed E-state index contributed by atoms with van der Waals surface area (Å²) in [5.41, 5.74) is 1.72. The van der Waals surface area contributed by atoms with Crippen molar-refractivity contribution in [3.63, 3.8) is 0 Å². The zero-order valence-corrected chi connectivity index (χ0v) is 12.4. The molecule has 0 radical (unpaired) electrons. The molecule has 108 valence electrons. The van der Waals surface area contributed by atoms with Crippen LogP contribution in [0, 0.1) is 6.92 Å². The van der Waals surface area contributed by atoms with E-state index < -0.39 is 0 Å². The van der Waals surface area contributed by atoms with Crippen LogP contribution in [0.2, 0.25) is 0 Å². The molecular formula is C14H13N3O3S. The van der Waals surface area contributed by atoms with E-state index in [2.05, 4.69) is 15.3 Å². The van der Waals surface area contributed by atoms with Crippen LogP contribution in [0.5, 0.6) is 11.5 Å². The molecule has 21 heavy (non-hydrogen) atoms. The second kappa shape index (κ2) is 5.61. The SMILES string of the molecule is CSc1nc(C)cc(C(=O)Nc2ccc3c(c2)OCO3)n1. The summed E-state index contributed by atoms with van der Waals surface area (Å²) < 4.78 is 10.5. The minimum Gasteiger partial charge on any atom is -0.454 e. The lowest BCUT2D eigenvalue weighted by atomic mass is 10.2. The van der Waals surface area contributed by atoms with Crippen molar-refractivity contribution < 1.29 is 14.3 Å². The number of aryl methyl sites for hydroxylation is 1. The summed E-state index contributed by atoms with van der Waals surface area (Å²) in [5.74, 6) is 1.02. The molecule has 0 bridgehead atoms. The van der Waals surface area contributed by atoms with Gasteiger partial charge in [0.15, 0.2) is 16.7 Å². The first-order valence-electron chi connectivity index (χ1n) is 6.26. The Morgan fingerprint density at radius 1 is 1.24 bits per heavy atom. The molecule has 1 aromatic heterocycles. The number of rotatable bonds is 3. The number of hydrogen-bond acceptors (Lipinski definition) is 6. The molecule has 0 spiro atoms. The van der Waals surface area contributed by atoms with Crippen LogP contribution < -0.4 is 14.8 Å². The van der Waals surface area contributed by atoms with Crippen LogP contribution in [0.1, 0.15) is 16.2 Å². The highest BCUT2D eigenvalue weighted by atomic mass is 32.2. The van der Waals surface area contributed by atoms with Crippen molar-refractivity contribution in [2.24, 2.45) is 0 Å². The van der Waals surface area contributed by atoms with Gasteiger partial charge in [-0.3, -0.25) is 4.79 Å². The van der Waals surface area contributed by atoms with Gasteiger partial charge in [0.05, 0.1) is 0 Å². The fourth-order valence-electron chi connectivity index (χ4n) is 1.92. The molecule has 6 nitrogen and oxygen atoms in total. The summed E-state index contributed by atoms with van der Waals surface area (Å²) in [6.45, 7) is 2.04. The molecule has 7 heteroatoms. The zero-order chi connectivity index (χ0) is 14.8. The molecule has 0 fully saturated rings. The summed E-state index contributed by atoms with van der Waals surface area (Å²) >= 11 is 1.40. The number of aromatic nitrogens is 2. The Morgan fingerprint density at radius 3 is 2.86 bits per heavy atom. The van der Waals surface area contributed by atoms with Crippen molar-refractivity contribution in [3.8, 4) is 11.5 Å². The minimum absolute atomic E-state index is 0.203. The van der Waals surface area contributed by atoms with Gasteiger partial charge in [-0.15, -0.1) is 0 Å². The van der Waals surface area contributed by atoms with E-state index in [0.717, 1.165) is 5.69 Å².